The molecule has 0 N–H and O–H groups in total. The molecule has 8 heteroatoms. The van der Waals surface area contributed by atoms with Gasteiger partial charge in [0.05, 0.1) is 23.8 Å². The van der Waals surface area contributed by atoms with Crippen molar-refractivity contribution in [2.75, 3.05) is 13.1 Å². The lowest BCUT2D eigenvalue weighted by Gasteiger charge is -2.31. The van der Waals surface area contributed by atoms with Crippen molar-refractivity contribution in [3.05, 3.63) is 47.5 Å². The monoisotopic (exact) mass is 391 g/mol. The highest BCUT2D eigenvalue weighted by molar-refractivity contribution is 7.89. The molecule has 1 fully saturated rings. The van der Waals surface area contributed by atoms with E-state index in [1.54, 1.807) is 6.07 Å². The largest absolute Gasteiger partial charge is 0.459 e. The number of aryl methyl sites for hydroxylation is 2. The van der Waals surface area contributed by atoms with Crippen molar-refractivity contribution in [2.24, 2.45) is 0 Å². The smallest absolute Gasteiger partial charge is 0.316 e. The second-order valence-corrected chi connectivity index (χ2v) is 9.00. The highest BCUT2D eigenvalue weighted by Gasteiger charge is 2.32. The summed E-state index contributed by atoms with van der Waals surface area (Å²) < 4.78 is 46.3. The zero-order chi connectivity index (χ0) is 18.9. The van der Waals surface area contributed by atoms with E-state index in [9.17, 15) is 12.8 Å². The van der Waals surface area contributed by atoms with Crippen LogP contribution in [0, 0.1) is 5.82 Å². The van der Waals surface area contributed by atoms with Gasteiger partial charge in [0.2, 0.25) is 10.0 Å². The molecule has 1 unspecified atom stereocenters. The van der Waals surface area contributed by atoms with Gasteiger partial charge in [0.25, 0.3) is 0 Å². The normalized spacial score (nSPS) is 20.9. The molecule has 0 radical (unpaired) electrons. The maximum Gasteiger partial charge on any atom is 0.316 e. The molecule has 0 bridgehead atoms. The lowest BCUT2D eigenvalue weighted by Crippen LogP contribution is -2.44. The van der Waals surface area contributed by atoms with Crippen LogP contribution >= 0.6 is 0 Å². The Labute approximate surface area is 158 Å². The highest BCUT2D eigenvalue weighted by Crippen LogP contribution is 2.27. The summed E-state index contributed by atoms with van der Waals surface area (Å²) in [5.41, 5.74) is 2.40. The fraction of sp³-hybridized carbons (Fsp3) is 0.474. The van der Waals surface area contributed by atoms with Gasteiger partial charge < -0.3 is 4.74 Å². The maximum atomic E-state index is 13.1. The number of fused-ring (bicyclic) bond motifs is 1. The first-order chi connectivity index (χ1) is 13.0. The number of aromatic nitrogens is 2. The molecule has 2 heterocycles. The van der Waals surface area contributed by atoms with Gasteiger partial charge in [-0.05, 0) is 61.8 Å². The molecule has 0 spiro atoms. The fourth-order valence-electron chi connectivity index (χ4n) is 3.75. The van der Waals surface area contributed by atoms with Crippen molar-refractivity contribution in [2.45, 2.75) is 49.5 Å². The molecule has 27 heavy (non-hydrogen) atoms. The number of rotatable bonds is 4. The summed E-state index contributed by atoms with van der Waals surface area (Å²) in [6.45, 7) is 0.698. The van der Waals surface area contributed by atoms with Gasteiger partial charge >= 0.3 is 6.01 Å². The summed E-state index contributed by atoms with van der Waals surface area (Å²) >= 11 is 0. The lowest BCUT2D eigenvalue weighted by atomic mass is 9.92. The molecule has 144 valence electrons. The van der Waals surface area contributed by atoms with Gasteiger partial charge in [0, 0.05) is 6.54 Å². The molecule has 1 aliphatic carbocycles. The molecule has 1 aromatic heterocycles. The maximum absolute atomic E-state index is 13.1. The number of halogens is 1. The van der Waals surface area contributed by atoms with Crippen LogP contribution in [-0.2, 0) is 22.9 Å². The molecule has 2 aliphatic rings. The van der Waals surface area contributed by atoms with E-state index in [0.717, 1.165) is 43.6 Å². The molecule has 1 aliphatic heterocycles. The van der Waals surface area contributed by atoms with Crippen LogP contribution in [0.5, 0.6) is 6.01 Å². The zero-order valence-corrected chi connectivity index (χ0v) is 15.8. The molecule has 1 saturated heterocycles. The molecule has 1 atom stereocenters. The topological polar surface area (TPSA) is 72.4 Å². The minimum Gasteiger partial charge on any atom is -0.459 e. The number of nitrogens with zero attached hydrogens (tertiary/aromatic N) is 3. The minimum absolute atomic E-state index is 0.0643. The predicted molar refractivity (Wildman–Crippen MR) is 97.5 cm³/mol. The Bertz CT molecular complexity index is 918. The molecule has 0 amide bonds. The first kappa shape index (κ1) is 18.3. The Kier molecular flexibility index (Phi) is 5.10. The van der Waals surface area contributed by atoms with E-state index in [-0.39, 0.29) is 18.7 Å². The standard InChI is InChI=1S/C19H22FN3O3S/c20-16-11-21-19(22-12-16)26-17-6-3-9-23(13-17)27(24,25)18-8-7-14-4-1-2-5-15(14)10-18/h7-8,10-12,17H,1-6,9,13H2. The second kappa shape index (κ2) is 7.52. The van der Waals surface area contributed by atoms with Crippen LogP contribution in [0.2, 0.25) is 0 Å². The number of hydrogen-bond donors (Lipinski definition) is 0. The number of piperidine rings is 1. The third kappa shape index (κ3) is 3.96. The Morgan fingerprint density at radius 3 is 2.59 bits per heavy atom. The van der Waals surface area contributed by atoms with Crippen LogP contribution in [0.25, 0.3) is 0 Å². The van der Waals surface area contributed by atoms with Crippen molar-refractivity contribution in [1.29, 1.82) is 0 Å². The SMILES string of the molecule is O=S(=O)(c1ccc2c(c1)CCCC2)N1CCCC(Oc2ncc(F)cn2)C1. The summed E-state index contributed by atoms with van der Waals surface area (Å²) in [6.07, 6.45) is 7.34. The van der Waals surface area contributed by atoms with Gasteiger partial charge in [-0.1, -0.05) is 6.07 Å². The van der Waals surface area contributed by atoms with E-state index in [1.165, 1.54) is 9.87 Å². The van der Waals surface area contributed by atoms with E-state index in [0.29, 0.717) is 24.3 Å². The molecule has 0 saturated carbocycles. The third-order valence-electron chi connectivity index (χ3n) is 5.17. The number of ether oxygens (including phenoxy) is 1. The summed E-state index contributed by atoms with van der Waals surface area (Å²) in [6, 6.07) is 5.56. The summed E-state index contributed by atoms with van der Waals surface area (Å²) in [5, 5.41) is 0. The van der Waals surface area contributed by atoms with Crippen molar-refractivity contribution >= 4 is 10.0 Å². The molecule has 1 aromatic carbocycles. The summed E-state index contributed by atoms with van der Waals surface area (Å²) in [7, 11) is -3.57. The first-order valence-electron chi connectivity index (χ1n) is 9.28. The zero-order valence-electron chi connectivity index (χ0n) is 15.0. The Morgan fingerprint density at radius 2 is 1.81 bits per heavy atom. The molecular weight excluding hydrogens is 369 g/mol. The Hall–Kier alpha value is -2.06. The number of benzene rings is 1. The lowest BCUT2D eigenvalue weighted by molar-refractivity contribution is 0.119. The van der Waals surface area contributed by atoms with Gasteiger partial charge in [-0.2, -0.15) is 4.31 Å². The Morgan fingerprint density at radius 1 is 1.07 bits per heavy atom. The van der Waals surface area contributed by atoms with Crippen molar-refractivity contribution in [1.82, 2.24) is 14.3 Å². The number of sulfonamides is 1. The third-order valence-corrected chi connectivity index (χ3v) is 7.03. The van der Waals surface area contributed by atoms with E-state index in [1.807, 2.05) is 12.1 Å². The summed E-state index contributed by atoms with van der Waals surface area (Å²) in [5.74, 6) is -0.539. The average Bonchev–Trinajstić information content (AvgIpc) is 2.69. The second-order valence-electron chi connectivity index (χ2n) is 7.07. The molecule has 4 rings (SSSR count). The number of hydrogen-bond acceptors (Lipinski definition) is 5. The summed E-state index contributed by atoms with van der Waals surface area (Å²) in [4.78, 5) is 7.93. The van der Waals surface area contributed by atoms with Crippen LogP contribution in [0.4, 0.5) is 4.39 Å². The van der Waals surface area contributed by atoms with Gasteiger partial charge in [0.1, 0.15) is 6.10 Å². The van der Waals surface area contributed by atoms with E-state index >= 15 is 0 Å². The Balaban J connectivity index is 1.50. The molecular formula is C19H22FN3O3S. The molecule has 6 nitrogen and oxygen atoms in total. The van der Waals surface area contributed by atoms with E-state index in [4.69, 9.17) is 4.74 Å². The minimum atomic E-state index is -3.57. The van der Waals surface area contributed by atoms with Crippen LogP contribution in [-0.4, -0.2) is 41.9 Å². The average molecular weight is 391 g/mol. The van der Waals surface area contributed by atoms with Gasteiger partial charge in [-0.25, -0.2) is 22.8 Å². The van der Waals surface area contributed by atoms with Crippen LogP contribution < -0.4 is 4.74 Å². The van der Waals surface area contributed by atoms with Crippen LogP contribution in [0.1, 0.15) is 36.8 Å². The van der Waals surface area contributed by atoms with Crippen molar-refractivity contribution < 1.29 is 17.5 Å². The van der Waals surface area contributed by atoms with Crippen molar-refractivity contribution in [3.8, 4) is 6.01 Å². The quantitative estimate of drug-likeness (QED) is 0.801. The van der Waals surface area contributed by atoms with Gasteiger partial charge in [0.15, 0.2) is 5.82 Å². The van der Waals surface area contributed by atoms with Crippen LogP contribution in [0.15, 0.2) is 35.5 Å². The first-order valence-corrected chi connectivity index (χ1v) is 10.7. The molecule has 2 aromatic rings. The fourth-order valence-corrected chi connectivity index (χ4v) is 5.31. The van der Waals surface area contributed by atoms with E-state index in [2.05, 4.69) is 9.97 Å². The van der Waals surface area contributed by atoms with Gasteiger partial charge in [-0.3, -0.25) is 0 Å². The predicted octanol–water partition coefficient (Wildman–Crippen LogP) is 2.73. The van der Waals surface area contributed by atoms with Crippen molar-refractivity contribution in [3.63, 3.8) is 0 Å². The highest BCUT2D eigenvalue weighted by atomic mass is 32.2. The van der Waals surface area contributed by atoms with Gasteiger partial charge in [-0.15, -0.1) is 0 Å². The van der Waals surface area contributed by atoms with Crippen LogP contribution in [0.3, 0.4) is 0 Å². The van der Waals surface area contributed by atoms with E-state index < -0.39 is 15.8 Å².